The summed E-state index contributed by atoms with van der Waals surface area (Å²) >= 11 is 0. The van der Waals surface area contributed by atoms with Crippen LogP contribution in [0.2, 0.25) is 0 Å². The van der Waals surface area contributed by atoms with E-state index in [0.29, 0.717) is 30.1 Å². The Balaban J connectivity index is 1.13. The molecule has 0 N–H and O–H groups in total. The molecule has 0 unspecified atom stereocenters. The van der Waals surface area contributed by atoms with E-state index in [1.54, 1.807) is 18.5 Å². The van der Waals surface area contributed by atoms with E-state index in [0.717, 1.165) is 60.5 Å². The number of benzene rings is 2. The highest BCUT2D eigenvalue weighted by Gasteiger charge is 2.17. The third kappa shape index (κ3) is 5.90. The first-order valence-corrected chi connectivity index (χ1v) is 14.1. The van der Waals surface area contributed by atoms with Crippen molar-refractivity contribution < 1.29 is 19.1 Å². The van der Waals surface area contributed by atoms with E-state index in [1.807, 2.05) is 63.8 Å². The Hall–Kier alpha value is -4.54. The van der Waals surface area contributed by atoms with Crippen LogP contribution in [0, 0.1) is 0 Å². The molecule has 0 atom stereocenters. The minimum absolute atomic E-state index is 0.0303. The van der Waals surface area contributed by atoms with Crippen molar-refractivity contribution in [1.29, 1.82) is 0 Å². The smallest absolute Gasteiger partial charge is 0.337 e. The molecule has 42 heavy (non-hydrogen) atoms. The molecule has 0 aliphatic carbocycles. The largest absolute Gasteiger partial charge is 0.492 e. The van der Waals surface area contributed by atoms with Gasteiger partial charge in [0.05, 0.1) is 37.1 Å². The van der Waals surface area contributed by atoms with Crippen LogP contribution >= 0.6 is 0 Å². The Labute approximate surface area is 244 Å². The molecule has 216 valence electrons. The number of carbonyl (C=O) groups excluding carboxylic acids is 2. The lowest BCUT2D eigenvalue weighted by Gasteiger charge is -2.32. The molecular formula is C32H34N6O4. The number of piperazine rings is 1. The maximum absolute atomic E-state index is 13.4. The summed E-state index contributed by atoms with van der Waals surface area (Å²) in [5, 5.41) is 5.50. The number of methoxy groups -OCH3 is 1. The number of hydrogen-bond donors (Lipinski definition) is 0. The van der Waals surface area contributed by atoms with Gasteiger partial charge in [0.25, 0.3) is 0 Å². The number of imidazole rings is 1. The fourth-order valence-electron chi connectivity index (χ4n) is 5.42. The molecule has 0 spiro atoms. The molecule has 6 rings (SSSR count). The molecule has 5 aromatic rings. The fourth-order valence-corrected chi connectivity index (χ4v) is 5.42. The predicted octanol–water partition coefficient (Wildman–Crippen LogP) is 3.57. The number of Topliss-reactive ketones (excluding diaryl/α,β-unsaturated/α-hetero) is 1. The first kappa shape index (κ1) is 27.6. The zero-order valence-electron chi connectivity index (χ0n) is 23.9. The Morgan fingerprint density at radius 1 is 0.976 bits per heavy atom. The second-order valence-corrected chi connectivity index (χ2v) is 10.7. The second-order valence-electron chi connectivity index (χ2n) is 10.7. The molecule has 0 radical (unpaired) electrons. The van der Waals surface area contributed by atoms with Gasteiger partial charge in [0.15, 0.2) is 5.78 Å². The zero-order valence-corrected chi connectivity index (χ0v) is 23.9. The second kappa shape index (κ2) is 12.1. The van der Waals surface area contributed by atoms with E-state index in [-0.39, 0.29) is 18.2 Å². The summed E-state index contributed by atoms with van der Waals surface area (Å²) in [4.78, 5) is 34.6. The van der Waals surface area contributed by atoms with Crippen LogP contribution in [-0.4, -0.2) is 94.2 Å². The third-order valence-corrected chi connectivity index (χ3v) is 7.85. The van der Waals surface area contributed by atoms with Gasteiger partial charge in [-0.3, -0.25) is 18.8 Å². The summed E-state index contributed by atoms with van der Waals surface area (Å²) in [6, 6.07) is 17.0. The van der Waals surface area contributed by atoms with Crippen molar-refractivity contribution in [3.63, 3.8) is 0 Å². The van der Waals surface area contributed by atoms with Gasteiger partial charge in [-0.2, -0.15) is 5.10 Å². The number of nitrogens with zero attached hydrogens (tertiary/aromatic N) is 6. The van der Waals surface area contributed by atoms with Gasteiger partial charge >= 0.3 is 5.97 Å². The fraction of sp³-hybridized carbons (Fsp3) is 0.312. The Morgan fingerprint density at radius 3 is 2.64 bits per heavy atom. The van der Waals surface area contributed by atoms with Crippen LogP contribution in [0.4, 0.5) is 0 Å². The molecule has 1 fully saturated rings. The van der Waals surface area contributed by atoms with E-state index in [9.17, 15) is 9.59 Å². The van der Waals surface area contributed by atoms with Crippen LogP contribution in [0.15, 0.2) is 73.2 Å². The molecule has 0 saturated carbocycles. The minimum Gasteiger partial charge on any atom is -0.492 e. The maximum Gasteiger partial charge on any atom is 0.337 e. The minimum atomic E-state index is -0.375. The van der Waals surface area contributed by atoms with E-state index < -0.39 is 0 Å². The standard InChI is InChI=1S/C32H34N6O4/c1-35-11-13-36(14-12-35)15-16-42-26-9-10-37-29(21-33-31(37)19-26)30(39)18-24-6-4-8-28-27(24)20-34-38(28)22-23-5-3-7-25(17-23)32(40)41-2/h3-10,17,19-21H,11-16,18,22H2,1-2H3. The highest BCUT2D eigenvalue weighted by molar-refractivity contribution is 5.99. The van der Waals surface area contributed by atoms with E-state index in [2.05, 4.69) is 26.9 Å². The van der Waals surface area contributed by atoms with Crippen molar-refractivity contribution in [2.75, 3.05) is 53.5 Å². The summed E-state index contributed by atoms with van der Waals surface area (Å²) in [6.45, 7) is 6.27. The lowest BCUT2D eigenvalue weighted by molar-refractivity contribution is 0.0600. The summed E-state index contributed by atoms with van der Waals surface area (Å²) in [5.41, 5.74) is 4.44. The van der Waals surface area contributed by atoms with Crippen molar-refractivity contribution in [2.24, 2.45) is 0 Å². The number of rotatable bonds is 10. The monoisotopic (exact) mass is 566 g/mol. The molecule has 0 bridgehead atoms. The van der Waals surface area contributed by atoms with Crippen LogP contribution in [-0.2, 0) is 17.7 Å². The number of carbonyl (C=O) groups is 2. The van der Waals surface area contributed by atoms with Gasteiger partial charge in [0, 0.05) is 56.8 Å². The Morgan fingerprint density at radius 2 is 1.81 bits per heavy atom. The van der Waals surface area contributed by atoms with E-state index in [1.165, 1.54) is 7.11 Å². The highest BCUT2D eigenvalue weighted by atomic mass is 16.5. The molecule has 3 aromatic heterocycles. The molecule has 0 amide bonds. The maximum atomic E-state index is 13.4. The van der Waals surface area contributed by atoms with Crippen molar-refractivity contribution >= 4 is 28.3 Å². The van der Waals surface area contributed by atoms with Crippen molar-refractivity contribution in [2.45, 2.75) is 13.0 Å². The van der Waals surface area contributed by atoms with Gasteiger partial charge in [-0.05, 0) is 42.4 Å². The quantitative estimate of drug-likeness (QED) is 0.187. The summed E-state index contributed by atoms with van der Waals surface area (Å²) in [5.74, 6) is 0.341. The average molecular weight is 567 g/mol. The van der Waals surface area contributed by atoms with E-state index >= 15 is 0 Å². The van der Waals surface area contributed by atoms with E-state index in [4.69, 9.17) is 9.47 Å². The number of fused-ring (bicyclic) bond motifs is 2. The van der Waals surface area contributed by atoms with Crippen molar-refractivity contribution in [1.82, 2.24) is 29.0 Å². The molecular weight excluding hydrogens is 532 g/mol. The van der Waals surface area contributed by atoms with Crippen LogP contribution in [0.25, 0.3) is 16.6 Å². The molecule has 10 heteroatoms. The number of esters is 1. The first-order chi connectivity index (χ1) is 20.5. The topological polar surface area (TPSA) is 94.2 Å². The van der Waals surface area contributed by atoms with Crippen molar-refractivity contribution in [3.8, 4) is 5.75 Å². The molecule has 2 aromatic carbocycles. The molecule has 1 aliphatic rings. The number of aromatic nitrogens is 4. The molecule has 1 aliphatic heterocycles. The zero-order chi connectivity index (χ0) is 29.1. The Kier molecular flexibility index (Phi) is 7.98. The third-order valence-electron chi connectivity index (χ3n) is 7.85. The molecule has 1 saturated heterocycles. The highest BCUT2D eigenvalue weighted by Crippen LogP contribution is 2.23. The van der Waals surface area contributed by atoms with Crippen LogP contribution in [0.5, 0.6) is 5.75 Å². The van der Waals surface area contributed by atoms with Crippen LogP contribution in [0.3, 0.4) is 0 Å². The summed E-state index contributed by atoms with van der Waals surface area (Å²) < 4.78 is 14.5. The number of ketones is 1. The Bertz CT molecular complexity index is 1730. The van der Waals surface area contributed by atoms with Gasteiger partial charge in [-0.25, -0.2) is 9.78 Å². The van der Waals surface area contributed by atoms with Gasteiger partial charge in [-0.1, -0.05) is 24.3 Å². The summed E-state index contributed by atoms with van der Waals surface area (Å²) in [7, 11) is 3.52. The van der Waals surface area contributed by atoms with Gasteiger partial charge in [0.2, 0.25) is 0 Å². The molecule has 4 heterocycles. The predicted molar refractivity (Wildman–Crippen MR) is 159 cm³/mol. The van der Waals surface area contributed by atoms with Gasteiger partial charge < -0.3 is 14.4 Å². The number of hydrogen-bond acceptors (Lipinski definition) is 8. The van der Waals surface area contributed by atoms with Crippen LogP contribution in [0.1, 0.15) is 32.0 Å². The number of likely N-dealkylation sites (N-methyl/N-ethyl adjacent to an activating group) is 1. The van der Waals surface area contributed by atoms with Crippen molar-refractivity contribution in [3.05, 3.63) is 95.6 Å². The van der Waals surface area contributed by atoms with Gasteiger partial charge in [-0.15, -0.1) is 0 Å². The first-order valence-electron chi connectivity index (χ1n) is 14.1. The normalized spacial score (nSPS) is 14.4. The lowest BCUT2D eigenvalue weighted by atomic mass is 10.0. The summed E-state index contributed by atoms with van der Waals surface area (Å²) in [6.07, 6.45) is 5.49. The molecule has 10 nitrogen and oxygen atoms in total. The van der Waals surface area contributed by atoms with Gasteiger partial charge in [0.1, 0.15) is 23.7 Å². The van der Waals surface area contributed by atoms with Crippen LogP contribution < -0.4 is 4.74 Å². The lowest BCUT2D eigenvalue weighted by Crippen LogP contribution is -2.45. The SMILES string of the molecule is COC(=O)c1cccc(Cn2ncc3c(CC(=O)c4cnc5cc(OCCN6CCN(C)CC6)ccn45)cccc32)c1. The number of pyridine rings is 1. The average Bonchev–Trinajstić information content (AvgIpc) is 3.62. The number of ether oxygens (including phenoxy) is 2.